The van der Waals surface area contributed by atoms with E-state index in [1.54, 1.807) is 19.2 Å². The minimum Gasteiger partial charge on any atom is -0.398 e. The second kappa shape index (κ2) is 12.8. The number of imidazole rings is 1. The molecule has 2 aromatic heterocycles. The van der Waals surface area contributed by atoms with Crippen LogP contribution >= 0.6 is 0 Å². The van der Waals surface area contributed by atoms with Crippen molar-refractivity contribution in [2.24, 2.45) is 17.8 Å². The maximum absolute atomic E-state index is 15.4. The molecule has 2 saturated heterocycles. The lowest BCUT2D eigenvalue weighted by Crippen LogP contribution is -2.53. The Morgan fingerprint density at radius 3 is 2.52 bits per heavy atom. The molecule has 0 saturated carbocycles. The molecule has 5 N–H and O–H groups in total. The Morgan fingerprint density at radius 2 is 1.79 bits per heavy atom. The first kappa shape index (κ1) is 31.4. The number of rotatable bonds is 8. The molecule has 2 fully saturated rings. The van der Waals surface area contributed by atoms with Crippen molar-refractivity contribution >= 4 is 62.6 Å². The van der Waals surface area contributed by atoms with E-state index in [2.05, 4.69) is 48.2 Å². The van der Waals surface area contributed by atoms with Crippen LogP contribution in [0, 0.1) is 5.82 Å². The SMILES string of the molecule is CNc1cc(N2CCN(C3CCN(c4ccc5c(c4)n(C)c4nc(=O)c6c(N)cccc6n54)CC3)CC2)c(F)cc1C(N)=NCCC=O. The summed E-state index contributed by atoms with van der Waals surface area (Å²) in [5.41, 5.74) is 18.0. The van der Waals surface area contributed by atoms with Gasteiger partial charge in [-0.05, 0) is 55.3 Å². The van der Waals surface area contributed by atoms with Crippen LogP contribution in [0.1, 0.15) is 24.8 Å². The molecular weight excluding hydrogens is 611 g/mol. The number of aldehydes is 1. The van der Waals surface area contributed by atoms with Crippen LogP contribution in [0.2, 0.25) is 0 Å². The number of anilines is 4. The molecular formula is C35H41FN10O2. The van der Waals surface area contributed by atoms with E-state index in [0.29, 0.717) is 39.8 Å². The third-order valence-electron chi connectivity index (χ3n) is 9.95. The van der Waals surface area contributed by atoms with Crippen LogP contribution in [0.3, 0.4) is 0 Å². The Kier molecular flexibility index (Phi) is 8.38. The summed E-state index contributed by atoms with van der Waals surface area (Å²) in [7, 11) is 3.72. The number of halogens is 1. The largest absolute Gasteiger partial charge is 0.398 e. The fraction of sp³-hybridized carbons (Fsp3) is 0.371. The van der Waals surface area contributed by atoms with Gasteiger partial charge in [0.1, 0.15) is 17.9 Å². The molecule has 0 bridgehead atoms. The lowest BCUT2D eigenvalue weighted by Gasteiger charge is -2.44. The number of amidine groups is 1. The fourth-order valence-corrected chi connectivity index (χ4v) is 7.38. The number of aliphatic imine (C=N–C) groups is 1. The molecule has 2 aliphatic rings. The van der Waals surface area contributed by atoms with Gasteiger partial charge in [0.2, 0.25) is 5.78 Å². The Bertz CT molecular complexity index is 2110. The highest BCUT2D eigenvalue weighted by atomic mass is 19.1. The second-order valence-electron chi connectivity index (χ2n) is 12.6. The number of carbonyl (C=O) groups excluding carboxylic acids is 1. The molecule has 0 spiro atoms. The van der Waals surface area contributed by atoms with Gasteiger partial charge in [0, 0.05) is 95.0 Å². The highest BCUT2D eigenvalue weighted by molar-refractivity contribution is 6.03. The molecule has 3 aromatic carbocycles. The molecule has 13 heteroatoms. The molecule has 5 aromatic rings. The predicted molar refractivity (Wildman–Crippen MR) is 191 cm³/mol. The van der Waals surface area contributed by atoms with E-state index in [0.717, 1.165) is 80.6 Å². The normalized spacial score (nSPS) is 16.8. The van der Waals surface area contributed by atoms with E-state index in [9.17, 15) is 9.59 Å². The third-order valence-corrected chi connectivity index (χ3v) is 9.95. The van der Waals surface area contributed by atoms with Gasteiger partial charge in [-0.3, -0.25) is 19.1 Å². The third kappa shape index (κ3) is 5.47. The fourth-order valence-electron chi connectivity index (χ4n) is 7.38. The van der Waals surface area contributed by atoms with Crippen molar-refractivity contribution in [3.05, 3.63) is 70.3 Å². The van der Waals surface area contributed by atoms with Crippen LogP contribution in [0.25, 0.3) is 27.7 Å². The molecule has 0 atom stereocenters. The number of aromatic nitrogens is 3. The van der Waals surface area contributed by atoms with Gasteiger partial charge in [-0.2, -0.15) is 4.98 Å². The number of nitrogens with two attached hydrogens (primary N) is 2. The van der Waals surface area contributed by atoms with Gasteiger partial charge in [-0.1, -0.05) is 6.07 Å². The average molecular weight is 653 g/mol. The quantitative estimate of drug-likeness (QED) is 0.0758. The van der Waals surface area contributed by atoms with Crippen molar-refractivity contribution in [3.63, 3.8) is 0 Å². The number of aryl methyl sites for hydroxylation is 1. The Labute approximate surface area is 277 Å². The maximum atomic E-state index is 15.4. The molecule has 0 radical (unpaired) electrons. The Hall–Kier alpha value is -5.17. The number of hydrogen-bond donors (Lipinski definition) is 3. The minimum absolute atomic E-state index is 0.216. The number of nitrogens with one attached hydrogen (secondary N) is 1. The number of fused-ring (bicyclic) bond motifs is 5. The van der Waals surface area contributed by atoms with E-state index in [-0.39, 0.29) is 30.2 Å². The zero-order valence-corrected chi connectivity index (χ0v) is 27.3. The van der Waals surface area contributed by atoms with Crippen LogP contribution in [0.4, 0.5) is 27.1 Å². The van der Waals surface area contributed by atoms with E-state index in [4.69, 9.17) is 11.5 Å². The molecule has 0 aliphatic carbocycles. The molecule has 4 heterocycles. The summed E-state index contributed by atoms with van der Waals surface area (Å²) in [6, 6.07) is 15.7. The monoisotopic (exact) mass is 652 g/mol. The zero-order chi connectivity index (χ0) is 33.5. The van der Waals surface area contributed by atoms with Crippen LogP contribution < -0.4 is 32.1 Å². The zero-order valence-electron chi connectivity index (χ0n) is 27.3. The Morgan fingerprint density at radius 1 is 1.02 bits per heavy atom. The van der Waals surface area contributed by atoms with Crippen molar-refractivity contribution in [1.82, 2.24) is 18.9 Å². The van der Waals surface area contributed by atoms with Crippen LogP contribution in [0.15, 0.2) is 58.3 Å². The molecule has 7 rings (SSSR count). The number of carbonyl (C=O) groups is 1. The van der Waals surface area contributed by atoms with Crippen LogP contribution in [-0.4, -0.2) is 89.9 Å². The summed E-state index contributed by atoms with van der Waals surface area (Å²) in [5, 5.41) is 3.56. The van der Waals surface area contributed by atoms with E-state index in [1.807, 2.05) is 28.1 Å². The highest BCUT2D eigenvalue weighted by Crippen LogP contribution is 2.32. The van der Waals surface area contributed by atoms with E-state index in [1.165, 1.54) is 6.07 Å². The van der Waals surface area contributed by atoms with Crippen molar-refractivity contribution in [1.29, 1.82) is 0 Å². The second-order valence-corrected chi connectivity index (χ2v) is 12.6. The molecule has 12 nitrogen and oxygen atoms in total. The van der Waals surface area contributed by atoms with Gasteiger partial charge in [0.15, 0.2) is 0 Å². The number of nitrogens with zero attached hydrogens (tertiary/aromatic N) is 7. The number of piperazine rings is 1. The molecule has 0 amide bonds. The summed E-state index contributed by atoms with van der Waals surface area (Å²) >= 11 is 0. The first-order chi connectivity index (χ1) is 23.3. The Balaban J connectivity index is 1.02. The number of benzene rings is 3. The van der Waals surface area contributed by atoms with E-state index < -0.39 is 0 Å². The maximum Gasteiger partial charge on any atom is 0.284 e. The summed E-state index contributed by atoms with van der Waals surface area (Å²) < 4.78 is 19.3. The minimum atomic E-state index is -0.331. The van der Waals surface area contributed by atoms with Gasteiger partial charge >= 0.3 is 0 Å². The topological polar surface area (TPSA) is 143 Å². The van der Waals surface area contributed by atoms with Crippen molar-refractivity contribution < 1.29 is 9.18 Å². The van der Waals surface area contributed by atoms with Gasteiger partial charge in [-0.15, -0.1) is 0 Å². The molecule has 2 aliphatic heterocycles. The average Bonchev–Trinajstić information content (AvgIpc) is 3.38. The van der Waals surface area contributed by atoms with E-state index >= 15 is 4.39 Å². The highest BCUT2D eigenvalue weighted by Gasteiger charge is 2.29. The molecule has 48 heavy (non-hydrogen) atoms. The van der Waals surface area contributed by atoms with Gasteiger partial charge in [-0.25, -0.2) is 4.39 Å². The predicted octanol–water partition coefficient (Wildman–Crippen LogP) is 3.19. The molecule has 250 valence electrons. The standard InChI is InChI=1S/C35H41FN10O2/c1-39-27-21-30(25(36)20-24(27)33(38)40-11-4-18-47)45-16-14-44(15-17-45)22-9-12-43(13-10-22)23-7-8-28-31(19-23)42(2)35-41-34(48)32-26(37)5-3-6-29(32)46(28)35/h3,5-8,18-22,39H,4,9-17,37H2,1-2H3,(H2,38,40). The summed E-state index contributed by atoms with van der Waals surface area (Å²) in [6.07, 6.45) is 3.15. The summed E-state index contributed by atoms with van der Waals surface area (Å²) in [4.78, 5) is 39.2. The number of piperidine rings is 1. The summed E-state index contributed by atoms with van der Waals surface area (Å²) in [6.45, 7) is 5.34. The molecule has 0 unspecified atom stereocenters. The van der Waals surface area contributed by atoms with Gasteiger partial charge in [0.05, 0.1) is 27.6 Å². The van der Waals surface area contributed by atoms with Gasteiger partial charge in [0.25, 0.3) is 5.56 Å². The van der Waals surface area contributed by atoms with Crippen molar-refractivity contribution in [3.8, 4) is 0 Å². The number of nitrogen functional groups attached to an aromatic ring is 1. The lowest BCUT2D eigenvalue weighted by molar-refractivity contribution is -0.107. The number of hydrogen-bond acceptors (Lipinski definition) is 9. The van der Waals surface area contributed by atoms with Gasteiger partial charge < -0.3 is 35.9 Å². The smallest absolute Gasteiger partial charge is 0.284 e. The first-order valence-electron chi connectivity index (χ1n) is 16.5. The van der Waals surface area contributed by atoms with Crippen molar-refractivity contribution in [2.45, 2.75) is 25.3 Å². The summed E-state index contributed by atoms with van der Waals surface area (Å²) in [5.74, 6) is 0.472. The van der Waals surface area contributed by atoms with Crippen LogP contribution in [0.5, 0.6) is 0 Å². The lowest BCUT2D eigenvalue weighted by atomic mass is 10.0. The van der Waals surface area contributed by atoms with Crippen molar-refractivity contribution in [2.75, 3.05) is 73.7 Å². The first-order valence-corrected chi connectivity index (χ1v) is 16.5. The van der Waals surface area contributed by atoms with Crippen LogP contribution in [-0.2, 0) is 11.8 Å².